The van der Waals surface area contributed by atoms with Crippen LogP contribution < -0.4 is 5.32 Å². The van der Waals surface area contributed by atoms with Crippen LogP contribution >= 0.6 is 0 Å². The monoisotopic (exact) mass is 265 g/mol. The Balaban J connectivity index is 3.34. The first-order chi connectivity index (χ1) is 6.71. The molecular formula is C4H11NO8S2. The van der Waals surface area contributed by atoms with E-state index in [4.69, 9.17) is 9.11 Å². The van der Waals surface area contributed by atoms with Crippen molar-refractivity contribution in [3.8, 4) is 0 Å². The van der Waals surface area contributed by atoms with Crippen molar-refractivity contribution in [1.29, 1.82) is 0 Å². The Labute approximate surface area is 87.3 Å². The SMILES string of the molecule is O=S(=O)(O)OCCNCCOS(=O)(=O)O. The van der Waals surface area contributed by atoms with Gasteiger partial charge in [-0.05, 0) is 0 Å². The minimum absolute atomic E-state index is 0.0641. The van der Waals surface area contributed by atoms with Gasteiger partial charge in [0.15, 0.2) is 0 Å². The van der Waals surface area contributed by atoms with Crippen molar-refractivity contribution in [3.63, 3.8) is 0 Å². The summed E-state index contributed by atoms with van der Waals surface area (Å²) in [5.41, 5.74) is 0. The summed E-state index contributed by atoms with van der Waals surface area (Å²) < 4.78 is 64.2. The molecule has 0 atom stereocenters. The summed E-state index contributed by atoms with van der Waals surface area (Å²) in [5.74, 6) is 0. The summed E-state index contributed by atoms with van der Waals surface area (Å²) in [6.07, 6.45) is 0. The lowest BCUT2D eigenvalue weighted by Gasteiger charge is -2.03. The van der Waals surface area contributed by atoms with Gasteiger partial charge in [0.1, 0.15) is 0 Å². The van der Waals surface area contributed by atoms with Crippen LogP contribution in [0.15, 0.2) is 0 Å². The zero-order chi connectivity index (χ0) is 11.9. The van der Waals surface area contributed by atoms with Crippen molar-refractivity contribution in [3.05, 3.63) is 0 Å². The molecule has 0 bridgehead atoms. The summed E-state index contributed by atoms with van der Waals surface area (Å²) >= 11 is 0. The molecule has 0 radical (unpaired) electrons. The Morgan fingerprint density at radius 1 is 0.867 bits per heavy atom. The minimum Gasteiger partial charge on any atom is -0.312 e. The Bertz CT molecular complexity index is 322. The second-order valence-electron chi connectivity index (χ2n) is 2.25. The van der Waals surface area contributed by atoms with E-state index in [1.165, 1.54) is 0 Å². The third-order valence-corrected chi connectivity index (χ3v) is 1.95. The largest absolute Gasteiger partial charge is 0.397 e. The van der Waals surface area contributed by atoms with Crippen LogP contribution in [-0.2, 0) is 29.2 Å². The van der Waals surface area contributed by atoms with Crippen molar-refractivity contribution >= 4 is 20.8 Å². The van der Waals surface area contributed by atoms with Gasteiger partial charge in [0.05, 0.1) is 13.2 Å². The molecule has 0 aliphatic carbocycles. The third-order valence-electron chi connectivity index (χ3n) is 1.02. The first kappa shape index (κ1) is 14.7. The fourth-order valence-corrected chi connectivity index (χ4v) is 1.15. The average Bonchev–Trinajstić information content (AvgIpc) is 1.98. The van der Waals surface area contributed by atoms with Crippen LogP contribution in [0.1, 0.15) is 0 Å². The van der Waals surface area contributed by atoms with Crippen LogP contribution in [0, 0.1) is 0 Å². The topological polar surface area (TPSA) is 139 Å². The first-order valence-corrected chi connectivity index (χ1v) is 6.38. The molecule has 0 unspecified atom stereocenters. The Morgan fingerprint density at radius 3 is 1.47 bits per heavy atom. The molecule has 0 aliphatic rings. The molecule has 0 aliphatic heterocycles. The van der Waals surface area contributed by atoms with Gasteiger partial charge in [0.2, 0.25) is 0 Å². The third kappa shape index (κ3) is 13.7. The highest BCUT2D eigenvalue weighted by atomic mass is 32.3. The average molecular weight is 265 g/mol. The highest BCUT2D eigenvalue weighted by Crippen LogP contribution is 1.85. The summed E-state index contributed by atoms with van der Waals surface area (Å²) in [5, 5.41) is 2.53. The highest BCUT2D eigenvalue weighted by molar-refractivity contribution is 7.81. The standard InChI is InChI=1S/C4H11NO8S2/c6-14(7,8)12-3-1-5-2-4-13-15(9,10)11/h5H,1-4H2,(H,6,7,8)(H,9,10,11). The van der Waals surface area contributed by atoms with Gasteiger partial charge in [0, 0.05) is 13.1 Å². The zero-order valence-electron chi connectivity index (χ0n) is 7.49. The molecule has 0 fully saturated rings. The van der Waals surface area contributed by atoms with Crippen molar-refractivity contribution < 1.29 is 34.3 Å². The Kier molecular flexibility index (Phi) is 6.19. The van der Waals surface area contributed by atoms with E-state index in [0.717, 1.165) is 0 Å². The van der Waals surface area contributed by atoms with Gasteiger partial charge >= 0.3 is 20.8 Å². The van der Waals surface area contributed by atoms with Gasteiger partial charge in [-0.1, -0.05) is 0 Å². The molecule has 3 N–H and O–H groups in total. The molecule has 0 amide bonds. The summed E-state index contributed by atoms with van der Waals surface area (Å²) in [7, 11) is -8.89. The van der Waals surface area contributed by atoms with E-state index in [9.17, 15) is 16.8 Å². The Hall–Kier alpha value is -0.300. The molecule has 0 aromatic carbocycles. The smallest absolute Gasteiger partial charge is 0.312 e. The predicted molar refractivity (Wildman–Crippen MR) is 47.9 cm³/mol. The summed E-state index contributed by atoms with van der Waals surface area (Å²) in [4.78, 5) is 0. The predicted octanol–water partition coefficient (Wildman–Crippen LogP) is -1.79. The van der Waals surface area contributed by atoms with Crippen LogP contribution in [0.25, 0.3) is 0 Å². The molecule has 9 nitrogen and oxygen atoms in total. The molecule has 15 heavy (non-hydrogen) atoms. The number of nitrogens with one attached hydrogen (secondary N) is 1. The lowest BCUT2D eigenvalue weighted by Crippen LogP contribution is -2.25. The summed E-state index contributed by atoms with van der Waals surface area (Å²) in [6, 6.07) is 0. The lowest BCUT2D eigenvalue weighted by atomic mass is 10.6. The Morgan fingerprint density at radius 2 is 1.20 bits per heavy atom. The molecule has 11 heteroatoms. The van der Waals surface area contributed by atoms with Gasteiger partial charge in [-0.2, -0.15) is 16.8 Å². The van der Waals surface area contributed by atoms with Crippen molar-refractivity contribution in [2.75, 3.05) is 26.3 Å². The van der Waals surface area contributed by atoms with Crippen molar-refractivity contribution in [2.45, 2.75) is 0 Å². The fourth-order valence-electron chi connectivity index (χ4n) is 0.563. The number of hydrogen-bond donors (Lipinski definition) is 3. The zero-order valence-corrected chi connectivity index (χ0v) is 9.12. The van der Waals surface area contributed by atoms with Crippen molar-refractivity contribution in [2.24, 2.45) is 0 Å². The van der Waals surface area contributed by atoms with Crippen molar-refractivity contribution in [1.82, 2.24) is 5.32 Å². The molecule has 92 valence electrons. The van der Waals surface area contributed by atoms with E-state index in [1.807, 2.05) is 0 Å². The molecule has 0 spiro atoms. The maximum atomic E-state index is 10.0. The highest BCUT2D eigenvalue weighted by Gasteiger charge is 2.04. The van der Waals surface area contributed by atoms with E-state index < -0.39 is 20.8 Å². The van der Waals surface area contributed by atoms with Crippen LogP contribution in [-0.4, -0.2) is 52.2 Å². The maximum absolute atomic E-state index is 10.0. The van der Waals surface area contributed by atoms with Gasteiger partial charge in [-0.3, -0.25) is 9.11 Å². The molecule has 0 rings (SSSR count). The molecule has 0 heterocycles. The maximum Gasteiger partial charge on any atom is 0.397 e. The number of hydrogen-bond acceptors (Lipinski definition) is 7. The minimum atomic E-state index is -4.45. The van der Waals surface area contributed by atoms with Gasteiger partial charge < -0.3 is 5.32 Å². The normalized spacial score (nSPS) is 12.9. The van der Waals surface area contributed by atoms with E-state index >= 15 is 0 Å². The molecule has 0 saturated carbocycles. The fraction of sp³-hybridized carbons (Fsp3) is 1.00. The van der Waals surface area contributed by atoms with Gasteiger partial charge in [0.25, 0.3) is 0 Å². The second-order valence-corrected chi connectivity index (χ2v) is 4.43. The second kappa shape index (κ2) is 6.32. The molecule has 0 saturated heterocycles. The van der Waals surface area contributed by atoms with Crippen LogP contribution in [0.3, 0.4) is 0 Å². The molecule has 0 aromatic heterocycles. The molecule has 0 aromatic rings. The lowest BCUT2D eigenvalue weighted by molar-refractivity contribution is 0.252. The summed E-state index contributed by atoms with van der Waals surface area (Å²) in [6.45, 7) is -0.474. The van der Waals surface area contributed by atoms with Gasteiger partial charge in [-0.15, -0.1) is 0 Å². The van der Waals surface area contributed by atoms with E-state index in [2.05, 4.69) is 13.7 Å². The van der Waals surface area contributed by atoms with Crippen LogP contribution in [0.5, 0.6) is 0 Å². The van der Waals surface area contributed by atoms with Crippen LogP contribution in [0.4, 0.5) is 0 Å². The van der Waals surface area contributed by atoms with Gasteiger partial charge in [-0.25, -0.2) is 8.37 Å². The quantitative estimate of drug-likeness (QED) is 0.343. The van der Waals surface area contributed by atoms with E-state index in [-0.39, 0.29) is 26.3 Å². The van der Waals surface area contributed by atoms with Crippen LogP contribution in [0.2, 0.25) is 0 Å². The first-order valence-electron chi connectivity index (χ1n) is 3.65. The molecular weight excluding hydrogens is 254 g/mol. The van der Waals surface area contributed by atoms with E-state index in [0.29, 0.717) is 0 Å². The van der Waals surface area contributed by atoms with E-state index in [1.54, 1.807) is 0 Å². The number of rotatable bonds is 8.